The molecule has 1 amide bonds. The quantitative estimate of drug-likeness (QED) is 0.275. The Balaban J connectivity index is 0.00000385. The van der Waals surface area contributed by atoms with Gasteiger partial charge in [0.1, 0.15) is 5.75 Å². The first-order valence-corrected chi connectivity index (χ1v) is 13.1. The second-order valence-corrected chi connectivity index (χ2v) is 9.64. The molecule has 1 aromatic heterocycles. The van der Waals surface area contributed by atoms with E-state index in [1.54, 1.807) is 30.2 Å². The maximum atomic E-state index is 13.3. The summed E-state index contributed by atoms with van der Waals surface area (Å²) >= 11 is 3.31. The largest absolute Gasteiger partial charge is 0.497 e. The number of hydrogen-bond donors (Lipinski definition) is 0. The van der Waals surface area contributed by atoms with Gasteiger partial charge in [-0.05, 0) is 55.4 Å². The predicted octanol–water partition coefficient (Wildman–Crippen LogP) is 6.15. The Labute approximate surface area is 211 Å². The highest BCUT2D eigenvalue weighted by Crippen LogP contribution is 2.32. The van der Waals surface area contributed by atoms with Crippen LogP contribution in [0, 0.1) is 0 Å². The van der Waals surface area contributed by atoms with E-state index in [1.165, 1.54) is 5.56 Å². The molecule has 0 atom stereocenters. The molecule has 3 aromatic rings. The summed E-state index contributed by atoms with van der Waals surface area (Å²) in [6.07, 6.45) is 1.41. The van der Waals surface area contributed by atoms with Crippen molar-refractivity contribution in [1.82, 2.24) is 9.88 Å². The number of para-hydroxylation sites is 1. The number of fused-ring (bicyclic) bond motifs is 1. The molecule has 0 fully saturated rings. The highest BCUT2D eigenvalue weighted by molar-refractivity contribution is 7.99. The van der Waals surface area contributed by atoms with Crippen LogP contribution < -0.4 is 9.64 Å². The Morgan fingerprint density at radius 1 is 1.06 bits per heavy atom. The molecule has 0 aliphatic rings. The molecule has 2 aromatic carbocycles. The standard InChI is InChI=1S/C25H33N3O2S2.ClH/c1-5-19-9-8-10-22-24(19)26-25(32-22)28(17-16-27(6-2)7-3)23(29)15-18-31-21-13-11-20(30-4)12-14-21;/h8-14H,5-7,15-18H2,1-4H3;1H. The molecule has 3 rings (SSSR count). The van der Waals surface area contributed by atoms with Gasteiger partial charge in [0, 0.05) is 30.2 Å². The summed E-state index contributed by atoms with van der Waals surface area (Å²) in [5, 5.41) is 0.813. The van der Waals surface area contributed by atoms with E-state index in [-0.39, 0.29) is 18.3 Å². The van der Waals surface area contributed by atoms with Crippen molar-refractivity contribution >= 4 is 56.8 Å². The molecular formula is C25H34ClN3O2S2. The molecule has 5 nitrogen and oxygen atoms in total. The lowest BCUT2D eigenvalue weighted by molar-refractivity contribution is -0.118. The number of methoxy groups -OCH3 is 1. The number of nitrogens with zero attached hydrogens (tertiary/aromatic N) is 3. The van der Waals surface area contributed by atoms with Gasteiger partial charge in [0.15, 0.2) is 5.13 Å². The number of anilines is 1. The number of thiazole rings is 1. The Morgan fingerprint density at radius 3 is 2.42 bits per heavy atom. The van der Waals surface area contributed by atoms with Gasteiger partial charge in [-0.15, -0.1) is 24.2 Å². The van der Waals surface area contributed by atoms with E-state index in [4.69, 9.17) is 9.72 Å². The van der Waals surface area contributed by atoms with Gasteiger partial charge in [-0.3, -0.25) is 9.69 Å². The molecule has 0 aliphatic carbocycles. The highest BCUT2D eigenvalue weighted by atomic mass is 35.5. The van der Waals surface area contributed by atoms with Crippen molar-refractivity contribution in [2.75, 3.05) is 43.9 Å². The molecule has 1 heterocycles. The normalized spacial score (nSPS) is 10.9. The van der Waals surface area contributed by atoms with E-state index in [0.717, 1.165) is 57.8 Å². The van der Waals surface area contributed by atoms with Gasteiger partial charge in [0.05, 0.1) is 17.3 Å². The molecular weight excluding hydrogens is 474 g/mol. The average molecular weight is 508 g/mol. The number of thioether (sulfide) groups is 1. The minimum Gasteiger partial charge on any atom is -0.497 e. The van der Waals surface area contributed by atoms with Crippen LogP contribution in [0.5, 0.6) is 5.75 Å². The fourth-order valence-corrected chi connectivity index (χ4v) is 5.46. The van der Waals surface area contributed by atoms with E-state index < -0.39 is 0 Å². The summed E-state index contributed by atoms with van der Waals surface area (Å²) in [4.78, 5) is 23.6. The second-order valence-electron chi connectivity index (χ2n) is 7.46. The molecule has 180 valence electrons. The zero-order chi connectivity index (χ0) is 22.9. The van der Waals surface area contributed by atoms with Crippen molar-refractivity contribution in [1.29, 1.82) is 0 Å². The molecule has 33 heavy (non-hydrogen) atoms. The molecule has 0 saturated carbocycles. The fourth-order valence-electron chi connectivity index (χ4n) is 3.57. The minimum atomic E-state index is 0. The molecule has 0 unspecified atom stereocenters. The van der Waals surface area contributed by atoms with Crippen molar-refractivity contribution < 1.29 is 9.53 Å². The van der Waals surface area contributed by atoms with Crippen LogP contribution in [0.1, 0.15) is 32.8 Å². The van der Waals surface area contributed by atoms with Crippen LogP contribution in [-0.2, 0) is 11.2 Å². The molecule has 8 heteroatoms. The SMILES string of the molecule is CCc1cccc2sc(N(CCN(CC)CC)C(=O)CCSc3ccc(OC)cc3)nc12.Cl. The molecule has 0 saturated heterocycles. The van der Waals surface area contributed by atoms with Crippen LogP contribution in [0.4, 0.5) is 5.13 Å². The monoisotopic (exact) mass is 507 g/mol. The Kier molecular flexibility index (Phi) is 11.5. The third kappa shape index (κ3) is 7.34. The van der Waals surface area contributed by atoms with E-state index in [9.17, 15) is 4.79 Å². The summed E-state index contributed by atoms with van der Waals surface area (Å²) in [6, 6.07) is 14.3. The topological polar surface area (TPSA) is 45.7 Å². The molecule has 0 N–H and O–H groups in total. The number of aryl methyl sites for hydroxylation is 1. The van der Waals surface area contributed by atoms with Crippen LogP contribution in [0.15, 0.2) is 47.4 Å². The van der Waals surface area contributed by atoms with E-state index >= 15 is 0 Å². The van der Waals surface area contributed by atoms with Gasteiger partial charge >= 0.3 is 0 Å². The van der Waals surface area contributed by atoms with Gasteiger partial charge in [0.25, 0.3) is 0 Å². The summed E-state index contributed by atoms with van der Waals surface area (Å²) in [5.41, 5.74) is 2.26. The number of amides is 1. The number of benzene rings is 2. The van der Waals surface area contributed by atoms with Crippen LogP contribution >= 0.6 is 35.5 Å². The Hall–Kier alpha value is -1.80. The van der Waals surface area contributed by atoms with Gasteiger partial charge in [-0.2, -0.15) is 0 Å². The zero-order valence-electron chi connectivity index (χ0n) is 19.9. The Bertz CT molecular complexity index is 1010. The van der Waals surface area contributed by atoms with Crippen LogP contribution in [0.2, 0.25) is 0 Å². The number of carbonyl (C=O) groups is 1. The van der Waals surface area contributed by atoms with Gasteiger partial charge in [-0.1, -0.05) is 44.2 Å². The fraction of sp³-hybridized carbons (Fsp3) is 0.440. The number of aromatic nitrogens is 1. The number of likely N-dealkylation sites (N-methyl/N-ethyl adjacent to an activating group) is 1. The minimum absolute atomic E-state index is 0. The van der Waals surface area contributed by atoms with Crippen LogP contribution in [0.25, 0.3) is 10.2 Å². The first kappa shape index (κ1) is 27.4. The summed E-state index contributed by atoms with van der Waals surface area (Å²) in [7, 11) is 1.67. The number of hydrogen-bond acceptors (Lipinski definition) is 6. The van der Waals surface area contributed by atoms with Crippen LogP contribution in [0.3, 0.4) is 0 Å². The van der Waals surface area contributed by atoms with Crippen molar-refractivity contribution in [3.8, 4) is 5.75 Å². The molecule has 0 radical (unpaired) electrons. The summed E-state index contributed by atoms with van der Waals surface area (Å²) < 4.78 is 6.36. The lowest BCUT2D eigenvalue weighted by atomic mass is 10.1. The summed E-state index contributed by atoms with van der Waals surface area (Å²) in [6.45, 7) is 9.93. The van der Waals surface area contributed by atoms with Crippen molar-refractivity contribution in [3.63, 3.8) is 0 Å². The van der Waals surface area contributed by atoms with Crippen molar-refractivity contribution in [2.45, 2.75) is 38.5 Å². The van der Waals surface area contributed by atoms with Gasteiger partial charge in [-0.25, -0.2) is 4.98 Å². The molecule has 0 bridgehead atoms. The third-order valence-electron chi connectivity index (χ3n) is 5.58. The lowest BCUT2D eigenvalue weighted by Crippen LogP contribution is -2.39. The van der Waals surface area contributed by atoms with Crippen molar-refractivity contribution in [3.05, 3.63) is 48.0 Å². The van der Waals surface area contributed by atoms with Crippen molar-refractivity contribution in [2.24, 2.45) is 0 Å². The van der Waals surface area contributed by atoms with E-state index in [0.29, 0.717) is 13.0 Å². The predicted molar refractivity (Wildman–Crippen MR) is 145 cm³/mol. The maximum absolute atomic E-state index is 13.3. The van der Waals surface area contributed by atoms with E-state index in [1.807, 2.05) is 29.2 Å². The van der Waals surface area contributed by atoms with Gasteiger partial charge in [0.2, 0.25) is 5.91 Å². The maximum Gasteiger partial charge on any atom is 0.229 e. The average Bonchev–Trinajstić information content (AvgIpc) is 3.26. The van der Waals surface area contributed by atoms with E-state index in [2.05, 4.69) is 43.9 Å². The smallest absolute Gasteiger partial charge is 0.229 e. The zero-order valence-corrected chi connectivity index (χ0v) is 22.3. The number of carbonyl (C=O) groups excluding carboxylic acids is 1. The van der Waals surface area contributed by atoms with Crippen LogP contribution in [-0.4, -0.2) is 54.8 Å². The second kappa shape index (κ2) is 13.8. The molecule has 0 aliphatic heterocycles. The first-order chi connectivity index (χ1) is 15.6. The molecule has 0 spiro atoms. The number of ether oxygens (including phenoxy) is 1. The Morgan fingerprint density at radius 2 is 1.79 bits per heavy atom. The lowest BCUT2D eigenvalue weighted by Gasteiger charge is -2.24. The number of rotatable bonds is 12. The first-order valence-electron chi connectivity index (χ1n) is 11.3. The third-order valence-corrected chi connectivity index (χ3v) is 7.64. The summed E-state index contributed by atoms with van der Waals surface area (Å²) in [5.74, 6) is 1.71. The van der Waals surface area contributed by atoms with Gasteiger partial charge < -0.3 is 9.64 Å². The number of halogens is 1. The highest BCUT2D eigenvalue weighted by Gasteiger charge is 2.21.